The lowest BCUT2D eigenvalue weighted by Gasteiger charge is -2.12. The molecule has 0 saturated heterocycles. The topological polar surface area (TPSA) is 84.2 Å². The van der Waals surface area contributed by atoms with Crippen molar-refractivity contribution in [3.8, 4) is 0 Å². The zero-order valence-corrected chi connectivity index (χ0v) is 11.4. The van der Waals surface area contributed by atoms with Gasteiger partial charge in [-0.05, 0) is 37.6 Å². The Bertz CT molecular complexity index is 530. The molecule has 0 aliphatic carbocycles. The molecule has 0 aliphatic heterocycles. The minimum absolute atomic E-state index is 0.0444. The summed E-state index contributed by atoms with van der Waals surface area (Å²) in [7, 11) is 0. The average Bonchev–Trinajstić information content (AvgIpc) is 2.39. The predicted octanol–water partition coefficient (Wildman–Crippen LogP) is 2.17. The first-order valence-electron chi connectivity index (χ1n) is 6.23. The number of nitrogens with two attached hydrogens (primary N) is 1. The molecule has 5 nitrogen and oxygen atoms in total. The normalized spacial score (nSPS) is 11.1. The van der Waals surface area contributed by atoms with Gasteiger partial charge < -0.3 is 16.4 Å². The van der Waals surface area contributed by atoms with Crippen LogP contribution in [0.25, 0.3) is 0 Å². The molecule has 2 amide bonds. The van der Waals surface area contributed by atoms with Crippen molar-refractivity contribution in [3.05, 3.63) is 23.8 Å². The monoisotopic (exact) mass is 303 g/mol. The zero-order valence-electron chi connectivity index (χ0n) is 11.4. The second kappa shape index (κ2) is 7.07. The third kappa shape index (κ3) is 5.42. The highest BCUT2D eigenvalue weighted by Gasteiger charge is 2.38. The van der Waals surface area contributed by atoms with Crippen molar-refractivity contribution in [3.63, 3.8) is 0 Å². The van der Waals surface area contributed by atoms with Gasteiger partial charge in [0.1, 0.15) is 0 Å². The summed E-state index contributed by atoms with van der Waals surface area (Å²) in [4.78, 5) is 22.4. The summed E-state index contributed by atoms with van der Waals surface area (Å²) < 4.78 is 36.5. The molecule has 1 rings (SSSR count). The molecule has 0 unspecified atom stereocenters. The number of halogens is 3. The number of aryl methyl sites for hydroxylation is 1. The highest BCUT2D eigenvalue weighted by atomic mass is 19.4. The van der Waals surface area contributed by atoms with Gasteiger partial charge in [0.2, 0.25) is 5.91 Å². The van der Waals surface area contributed by atoms with Gasteiger partial charge in [-0.15, -0.1) is 0 Å². The Morgan fingerprint density at radius 3 is 2.48 bits per heavy atom. The van der Waals surface area contributed by atoms with E-state index in [-0.39, 0.29) is 18.0 Å². The highest BCUT2D eigenvalue weighted by molar-refractivity contribution is 5.97. The molecule has 0 atom stereocenters. The van der Waals surface area contributed by atoms with Crippen molar-refractivity contribution in [1.29, 1.82) is 0 Å². The highest BCUT2D eigenvalue weighted by Crippen LogP contribution is 2.23. The number of benzene rings is 1. The zero-order chi connectivity index (χ0) is 16.0. The van der Waals surface area contributed by atoms with Crippen molar-refractivity contribution in [2.75, 3.05) is 17.2 Å². The van der Waals surface area contributed by atoms with Crippen molar-refractivity contribution in [2.45, 2.75) is 25.9 Å². The maximum absolute atomic E-state index is 12.2. The molecule has 21 heavy (non-hydrogen) atoms. The Morgan fingerprint density at radius 1 is 1.24 bits per heavy atom. The van der Waals surface area contributed by atoms with Gasteiger partial charge in [0.15, 0.2) is 0 Å². The molecule has 1 aromatic carbocycles. The Morgan fingerprint density at radius 2 is 1.90 bits per heavy atom. The van der Waals surface area contributed by atoms with Crippen LogP contribution in [-0.4, -0.2) is 24.5 Å². The quantitative estimate of drug-likeness (QED) is 0.779. The van der Waals surface area contributed by atoms with E-state index in [0.717, 1.165) is 0 Å². The molecule has 0 radical (unpaired) electrons. The fraction of sp³-hybridized carbons (Fsp3) is 0.385. The summed E-state index contributed by atoms with van der Waals surface area (Å²) in [5.41, 5.74) is 6.25. The van der Waals surface area contributed by atoms with Gasteiger partial charge in [-0.3, -0.25) is 9.59 Å². The predicted molar refractivity (Wildman–Crippen MR) is 72.8 cm³/mol. The van der Waals surface area contributed by atoms with E-state index < -0.39 is 12.1 Å². The number of hydrogen-bond acceptors (Lipinski definition) is 3. The Labute approximate surface area is 119 Å². The van der Waals surface area contributed by atoms with E-state index in [1.165, 1.54) is 18.2 Å². The van der Waals surface area contributed by atoms with Gasteiger partial charge in [0.05, 0.1) is 0 Å². The third-order valence-corrected chi connectivity index (χ3v) is 2.63. The molecular weight excluding hydrogens is 287 g/mol. The molecule has 4 N–H and O–H groups in total. The van der Waals surface area contributed by atoms with E-state index in [2.05, 4.69) is 5.32 Å². The maximum Gasteiger partial charge on any atom is 0.471 e. The minimum atomic E-state index is -4.96. The van der Waals surface area contributed by atoms with Crippen molar-refractivity contribution in [2.24, 2.45) is 5.73 Å². The van der Waals surface area contributed by atoms with E-state index in [4.69, 9.17) is 5.73 Å². The molecule has 0 bridgehead atoms. The van der Waals surface area contributed by atoms with Crippen LogP contribution in [0.2, 0.25) is 0 Å². The van der Waals surface area contributed by atoms with Crippen LogP contribution < -0.4 is 16.4 Å². The first-order chi connectivity index (χ1) is 9.74. The molecule has 1 aromatic rings. The Hall–Kier alpha value is -2.09. The van der Waals surface area contributed by atoms with Gasteiger partial charge >= 0.3 is 12.1 Å². The molecule has 0 spiro atoms. The smallest absolute Gasteiger partial charge is 0.330 e. The van der Waals surface area contributed by atoms with E-state index in [9.17, 15) is 22.8 Å². The number of anilines is 2. The molecule has 0 fully saturated rings. The van der Waals surface area contributed by atoms with E-state index in [0.29, 0.717) is 24.2 Å². The van der Waals surface area contributed by atoms with Crippen molar-refractivity contribution in [1.82, 2.24) is 0 Å². The molecule has 8 heteroatoms. The largest absolute Gasteiger partial charge is 0.471 e. The molecule has 0 aliphatic rings. The number of amides is 2. The number of alkyl halides is 3. The lowest BCUT2D eigenvalue weighted by Crippen LogP contribution is -2.30. The van der Waals surface area contributed by atoms with Gasteiger partial charge in [0, 0.05) is 17.8 Å². The third-order valence-electron chi connectivity index (χ3n) is 2.63. The number of carbonyl (C=O) groups excluding carboxylic acids is 2. The molecule has 0 aromatic heterocycles. The second-order valence-corrected chi connectivity index (χ2v) is 4.42. The number of hydrogen-bond donors (Lipinski definition) is 3. The van der Waals surface area contributed by atoms with Gasteiger partial charge in [0.25, 0.3) is 0 Å². The molecule has 0 heterocycles. The van der Waals surface area contributed by atoms with Crippen LogP contribution >= 0.6 is 0 Å². The van der Waals surface area contributed by atoms with Gasteiger partial charge in [-0.25, -0.2) is 0 Å². The SMILES string of the molecule is Cc1ccc(NC(=O)C(F)(F)F)cc1NC(=O)CCCN. The minimum Gasteiger partial charge on any atom is -0.330 e. The van der Waals surface area contributed by atoms with Crippen LogP contribution in [0.3, 0.4) is 0 Å². The van der Waals surface area contributed by atoms with E-state index >= 15 is 0 Å². The van der Waals surface area contributed by atoms with Crippen LogP contribution in [0.4, 0.5) is 24.5 Å². The Kier molecular flexibility index (Phi) is 5.71. The van der Waals surface area contributed by atoms with E-state index in [1.807, 2.05) is 0 Å². The lowest BCUT2D eigenvalue weighted by molar-refractivity contribution is -0.167. The fourth-order valence-corrected chi connectivity index (χ4v) is 1.51. The second-order valence-electron chi connectivity index (χ2n) is 4.42. The van der Waals surface area contributed by atoms with Crippen LogP contribution in [0.1, 0.15) is 18.4 Å². The first-order valence-corrected chi connectivity index (χ1v) is 6.23. The Balaban J connectivity index is 2.80. The maximum atomic E-state index is 12.2. The van der Waals surface area contributed by atoms with Gasteiger partial charge in [-0.1, -0.05) is 6.07 Å². The number of carbonyl (C=O) groups is 2. The molecule has 0 saturated carbocycles. The summed E-state index contributed by atoms with van der Waals surface area (Å²) in [6.07, 6.45) is -4.24. The number of nitrogens with one attached hydrogen (secondary N) is 2. The summed E-state index contributed by atoms with van der Waals surface area (Å²) in [5.74, 6) is -2.35. The summed E-state index contributed by atoms with van der Waals surface area (Å²) in [6.45, 7) is 2.06. The molecular formula is C13H16F3N3O2. The summed E-state index contributed by atoms with van der Waals surface area (Å²) >= 11 is 0. The summed E-state index contributed by atoms with van der Waals surface area (Å²) in [5, 5.41) is 4.30. The van der Waals surface area contributed by atoms with Crippen molar-refractivity contribution >= 4 is 23.2 Å². The first kappa shape index (κ1) is 17.0. The van der Waals surface area contributed by atoms with Crippen LogP contribution in [0, 0.1) is 6.92 Å². The fourth-order valence-electron chi connectivity index (χ4n) is 1.51. The van der Waals surface area contributed by atoms with Crippen LogP contribution in [0.5, 0.6) is 0 Å². The van der Waals surface area contributed by atoms with Crippen molar-refractivity contribution < 1.29 is 22.8 Å². The van der Waals surface area contributed by atoms with Gasteiger partial charge in [-0.2, -0.15) is 13.2 Å². The van der Waals surface area contributed by atoms with Crippen LogP contribution in [0.15, 0.2) is 18.2 Å². The average molecular weight is 303 g/mol. The van der Waals surface area contributed by atoms with Crippen LogP contribution in [-0.2, 0) is 9.59 Å². The molecule has 116 valence electrons. The standard InChI is InChI=1S/C13H16F3N3O2/c1-8-4-5-9(18-12(21)13(14,15)16)7-10(8)19-11(20)3-2-6-17/h4-5,7H,2-3,6,17H2,1H3,(H,18,21)(H,19,20). The lowest BCUT2D eigenvalue weighted by atomic mass is 10.1. The number of rotatable bonds is 5. The summed E-state index contributed by atoms with van der Waals surface area (Å²) in [6, 6.07) is 4.11. The van der Waals surface area contributed by atoms with E-state index in [1.54, 1.807) is 12.2 Å².